The SMILES string of the molecule is O.O=C(O)c1cccc(C(=O)O)c1.[H-].[K+].c1cn[nH]c1. The number of aromatic nitrogens is 2. The van der Waals surface area contributed by atoms with Gasteiger partial charge in [-0.1, -0.05) is 6.07 Å². The summed E-state index contributed by atoms with van der Waals surface area (Å²) in [5, 5.41) is 23.2. The van der Waals surface area contributed by atoms with Gasteiger partial charge in [-0.15, -0.1) is 0 Å². The molecule has 0 atom stereocenters. The van der Waals surface area contributed by atoms with Gasteiger partial charge in [0.15, 0.2) is 0 Å². The summed E-state index contributed by atoms with van der Waals surface area (Å²) >= 11 is 0. The van der Waals surface area contributed by atoms with E-state index in [0.717, 1.165) is 6.07 Å². The Morgan fingerprint density at radius 2 is 1.63 bits per heavy atom. The van der Waals surface area contributed by atoms with Crippen molar-refractivity contribution in [2.75, 3.05) is 0 Å². The van der Waals surface area contributed by atoms with Crippen LogP contribution in [0.5, 0.6) is 0 Å². The number of aromatic carboxylic acids is 2. The number of aromatic amines is 1. The van der Waals surface area contributed by atoms with Crippen molar-refractivity contribution in [3.8, 4) is 0 Å². The Morgan fingerprint density at radius 3 is 1.89 bits per heavy atom. The van der Waals surface area contributed by atoms with E-state index < -0.39 is 11.9 Å². The van der Waals surface area contributed by atoms with Crippen LogP contribution in [0.2, 0.25) is 0 Å². The molecule has 19 heavy (non-hydrogen) atoms. The van der Waals surface area contributed by atoms with Crippen LogP contribution in [0.1, 0.15) is 22.1 Å². The van der Waals surface area contributed by atoms with E-state index >= 15 is 0 Å². The molecule has 0 spiro atoms. The largest absolute Gasteiger partial charge is 1.00 e. The van der Waals surface area contributed by atoms with Crippen LogP contribution in [0.15, 0.2) is 42.7 Å². The molecule has 0 fully saturated rings. The maximum atomic E-state index is 10.4. The van der Waals surface area contributed by atoms with Crippen LogP contribution < -0.4 is 51.4 Å². The third kappa shape index (κ3) is 7.88. The minimum atomic E-state index is -1.13. The van der Waals surface area contributed by atoms with E-state index in [-0.39, 0.29) is 69.4 Å². The number of carboxylic acid groups (broad SMARTS) is 2. The van der Waals surface area contributed by atoms with Gasteiger partial charge in [-0.2, -0.15) is 5.10 Å². The van der Waals surface area contributed by atoms with E-state index in [1.54, 1.807) is 12.4 Å². The number of benzene rings is 1. The van der Waals surface area contributed by atoms with Crippen LogP contribution in [0, 0.1) is 0 Å². The summed E-state index contributed by atoms with van der Waals surface area (Å²) in [5.41, 5.74) is -0.0372. The maximum Gasteiger partial charge on any atom is 1.00 e. The molecule has 0 saturated carbocycles. The van der Waals surface area contributed by atoms with Gasteiger partial charge in [0.25, 0.3) is 0 Å². The fraction of sp³-hybridized carbons (Fsp3) is 0. The van der Waals surface area contributed by atoms with Gasteiger partial charge < -0.3 is 17.1 Å². The average molecular weight is 292 g/mol. The Kier molecular flexibility index (Phi) is 11.6. The zero-order chi connectivity index (χ0) is 12.7. The van der Waals surface area contributed by atoms with E-state index in [1.807, 2.05) is 6.07 Å². The van der Waals surface area contributed by atoms with Crippen LogP contribution in [0.25, 0.3) is 0 Å². The second kappa shape index (κ2) is 10.8. The van der Waals surface area contributed by atoms with E-state index in [1.165, 1.54) is 18.2 Å². The second-order valence-electron chi connectivity index (χ2n) is 2.96. The molecule has 1 aromatic heterocycles. The molecule has 0 amide bonds. The van der Waals surface area contributed by atoms with Crippen molar-refractivity contribution in [3.63, 3.8) is 0 Å². The zero-order valence-electron chi connectivity index (χ0n) is 11.2. The van der Waals surface area contributed by atoms with E-state index in [0.29, 0.717) is 0 Å². The standard InChI is InChI=1S/C8H6O4.C3H4N2.K.H2O.H/c9-7(10)5-2-1-3-6(4-5)8(11)12;1-2-4-5-3-1;;;/h1-4H,(H,9,10)(H,11,12);1-3H,(H,4,5);;1H2;/q;;+1;;-1. The van der Waals surface area contributed by atoms with Crippen LogP contribution >= 0.6 is 0 Å². The van der Waals surface area contributed by atoms with Crippen molar-refractivity contribution in [3.05, 3.63) is 53.9 Å². The summed E-state index contributed by atoms with van der Waals surface area (Å²) in [5.74, 6) is -2.25. The first-order valence-corrected chi connectivity index (χ1v) is 4.61. The van der Waals surface area contributed by atoms with Gasteiger partial charge in [-0.25, -0.2) is 9.59 Å². The predicted molar refractivity (Wildman–Crippen MR) is 63.7 cm³/mol. The molecule has 0 bridgehead atoms. The molecule has 98 valence electrons. The molecule has 5 N–H and O–H groups in total. The Balaban J connectivity index is -0.000000312. The summed E-state index contributed by atoms with van der Waals surface area (Å²) < 4.78 is 0. The molecule has 0 aliphatic carbocycles. The Bertz CT molecular complexity index is 461. The van der Waals surface area contributed by atoms with E-state index in [9.17, 15) is 9.59 Å². The molecule has 8 heteroatoms. The first-order chi connectivity index (χ1) is 8.11. The van der Waals surface area contributed by atoms with Gasteiger partial charge in [0.1, 0.15) is 0 Å². The number of carboxylic acids is 2. The molecule has 0 aliphatic heterocycles. The molecule has 0 saturated heterocycles. The number of rotatable bonds is 2. The Labute approximate surface area is 152 Å². The number of hydrogen-bond acceptors (Lipinski definition) is 3. The van der Waals surface area contributed by atoms with Crippen LogP contribution in [0.4, 0.5) is 0 Å². The van der Waals surface area contributed by atoms with E-state index in [4.69, 9.17) is 10.2 Å². The summed E-state index contributed by atoms with van der Waals surface area (Å²) in [6.07, 6.45) is 3.46. The third-order valence-corrected chi connectivity index (χ3v) is 1.76. The van der Waals surface area contributed by atoms with Crippen molar-refractivity contribution in [1.82, 2.24) is 10.2 Å². The smallest absolute Gasteiger partial charge is 1.00 e. The molecular weight excluding hydrogens is 279 g/mol. The van der Waals surface area contributed by atoms with Gasteiger partial charge in [-0.05, 0) is 24.3 Å². The van der Waals surface area contributed by atoms with Crippen molar-refractivity contribution < 1.29 is 78.1 Å². The summed E-state index contributed by atoms with van der Waals surface area (Å²) in [6.45, 7) is 0. The van der Waals surface area contributed by atoms with Gasteiger partial charge in [0, 0.05) is 12.4 Å². The molecule has 0 aliphatic rings. The zero-order valence-corrected chi connectivity index (χ0v) is 13.3. The van der Waals surface area contributed by atoms with Crippen molar-refractivity contribution in [1.29, 1.82) is 0 Å². The van der Waals surface area contributed by atoms with Crippen molar-refractivity contribution >= 4 is 11.9 Å². The van der Waals surface area contributed by atoms with Crippen molar-refractivity contribution in [2.45, 2.75) is 0 Å². The number of hydrogen-bond donors (Lipinski definition) is 3. The minimum absolute atomic E-state index is 0. The van der Waals surface area contributed by atoms with Gasteiger partial charge >= 0.3 is 63.3 Å². The molecular formula is C11H13KN2O5. The molecule has 0 unspecified atom stereocenters. The number of carbonyl (C=O) groups is 2. The fourth-order valence-electron chi connectivity index (χ4n) is 1.00. The number of nitrogens with one attached hydrogen (secondary N) is 1. The van der Waals surface area contributed by atoms with Crippen molar-refractivity contribution in [2.24, 2.45) is 0 Å². The van der Waals surface area contributed by atoms with Gasteiger partial charge in [-0.3, -0.25) is 5.10 Å². The monoisotopic (exact) mass is 292 g/mol. The topological polar surface area (TPSA) is 135 Å². The first kappa shape index (κ1) is 20.3. The predicted octanol–water partition coefficient (Wildman–Crippen LogP) is -2.22. The molecule has 7 nitrogen and oxygen atoms in total. The number of nitrogens with zero attached hydrogens (tertiary/aromatic N) is 1. The van der Waals surface area contributed by atoms with Crippen LogP contribution in [-0.4, -0.2) is 37.8 Å². The average Bonchev–Trinajstić information content (AvgIpc) is 2.87. The van der Waals surface area contributed by atoms with Gasteiger partial charge in [0.2, 0.25) is 0 Å². The third-order valence-electron chi connectivity index (χ3n) is 1.76. The molecule has 1 heterocycles. The van der Waals surface area contributed by atoms with Crippen LogP contribution in [0.3, 0.4) is 0 Å². The molecule has 2 aromatic rings. The fourth-order valence-corrected chi connectivity index (χ4v) is 1.00. The molecule has 0 radical (unpaired) electrons. The summed E-state index contributed by atoms with van der Waals surface area (Å²) in [4.78, 5) is 20.8. The second-order valence-corrected chi connectivity index (χ2v) is 2.96. The van der Waals surface area contributed by atoms with Gasteiger partial charge in [0.05, 0.1) is 11.1 Å². The first-order valence-electron chi connectivity index (χ1n) is 4.61. The molecule has 1 aromatic carbocycles. The Morgan fingerprint density at radius 1 is 1.11 bits per heavy atom. The minimum Gasteiger partial charge on any atom is -1.00 e. The Hall–Kier alpha value is -1.03. The molecule has 2 rings (SSSR count). The number of H-pyrrole nitrogens is 1. The normalized spacial score (nSPS) is 8.00. The summed E-state index contributed by atoms with van der Waals surface area (Å²) in [6, 6.07) is 7.03. The quantitative estimate of drug-likeness (QED) is 0.539. The van der Waals surface area contributed by atoms with Crippen LogP contribution in [-0.2, 0) is 0 Å². The van der Waals surface area contributed by atoms with E-state index in [2.05, 4.69) is 10.2 Å². The summed E-state index contributed by atoms with van der Waals surface area (Å²) in [7, 11) is 0. The maximum absolute atomic E-state index is 10.4.